The second-order valence-electron chi connectivity index (χ2n) is 5.59. The van der Waals surface area contributed by atoms with Crippen molar-refractivity contribution in [2.45, 2.75) is 45.2 Å². The summed E-state index contributed by atoms with van der Waals surface area (Å²) in [5.74, 6) is 0.835. The Bertz CT molecular complexity index is 498. The van der Waals surface area contributed by atoms with Crippen LogP contribution in [0.2, 0.25) is 0 Å². The molecule has 2 heteroatoms. The summed E-state index contributed by atoms with van der Waals surface area (Å²) in [5, 5.41) is 5.20. The van der Waals surface area contributed by atoms with E-state index in [1.54, 1.807) is 0 Å². The molecule has 1 nitrogen and oxygen atoms in total. The monoisotopic (exact) mass is 259 g/mol. The number of rotatable bonds is 3. The highest BCUT2D eigenvalue weighted by Gasteiger charge is 2.25. The number of hydrogen-bond acceptors (Lipinski definition) is 2. The van der Waals surface area contributed by atoms with Gasteiger partial charge in [-0.15, -0.1) is 11.3 Å². The number of hydrogen-bond donors (Lipinski definition) is 1. The molecule has 1 aliphatic rings. The Morgan fingerprint density at radius 1 is 1.28 bits per heavy atom. The maximum atomic E-state index is 3.82. The van der Waals surface area contributed by atoms with Crippen molar-refractivity contribution < 1.29 is 0 Å². The van der Waals surface area contributed by atoms with Crippen LogP contribution in [0.5, 0.6) is 0 Å². The van der Waals surface area contributed by atoms with Gasteiger partial charge in [0, 0.05) is 21.7 Å². The molecule has 2 aromatic rings. The highest BCUT2D eigenvalue weighted by molar-refractivity contribution is 7.19. The molecule has 96 valence electrons. The first-order valence-corrected chi connectivity index (χ1v) is 7.80. The average Bonchev–Trinajstić information content (AvgIpc) is 2.96. The second kappa shape index (κ2) is 5.02. The van der Waals surface area contributed by atoms with Crippen molar-refractivity contribution in [3.8, 4) is 0 Å². The molecule has 1 N–H and O–H groups in total. The van der Waals surface area contributed by atoms with Crippen molar-refractivity contribution >= 4 is 21.4 Å². The lowest BCUT2D eigenvalue weighted by Gasteiger charge is -2.22. The molecule has 0 saturated heterocycles. The molecule has 1 saturated carbocycles. The van der Waals surface area contributed by atoms with Gasteiger partial charge in [0.2, 0.25) is 0 Å². The molecular formula is C16H21NS. The predicted octanol–water partition coefficient (Wildman–Crippen LogP) is 4.74. The van der Waals surface area contributed by atoms with E-state index >= 15 is 0 Å². The zero-order valence-corrected chi connectivity index (χ0v) is 12.0. The lowest BCUT2D eigenvalue weighted by Crippen LogP contribution is -2.32. The lowest BCUT2D eigenvalue weighted by molar-refractivity contribution is 0.391. The number of thiophene rings is 1. The highest BCUT2D eigenvalue weighted by Crippen LogP contribution is 2.32. The Balaban J connectivity index is 1.77. The third-order valence-corrected chi connectivity index (χ3v) is 5.50. The third kappa shape index (κ3) is 2.32. The summed E-state index contributed by atoms with van der Waals surface area (Å²) in [5.41, 5.74) is 0. The summed E-state index contributed by atoms with van der Waals surface area (Å²) < 4.78 is 1.40. The van der Waals surface area contributed by atoms with Crippen LogP contribution in [0.25, 0.3) is 10.1 Å². The summed E-state index contributed by atoms with van der Waals surface area (Å²) in [6.07, 6.45) is 4.12. The molecular weight excluding hydrogens is 238 g/mol. The minimum Gasteiger partial charge on any atom is -0.306 e. The Morgan fingerprint density at radius 3 is 2.83 bits per heavy atom. The van der Waals surface area contributed by atoms with Crippen molar-refractivity contribution in [3.05, 3.63) is 35.2 Å². The van der Waals surface area contributed by atoms with Crippen LogP contribution < -0.4 is 5.32 Å². The molecule has 0 spiro atoms. The van der Waals surface area contributed by atoms with E-state index in [0.29, 0.717) is 12.1 Å². The first-order valence-electron chi connectivity index (χ1n) is 6.98. The van der Waals surface area contributed by atoms with Crippen LogP contribution in [0.4, 0.5) is 0 Å². The normalized spacial score (nSPS) is 25.7. The van der Waals surface area contributed by atoms with Gasteiger partial charge in [0.05, 0.1) is 0 Å². The molecule has 1 fully saturated rings. The smallest absolute Gasteiger partial charge is 0.0388 e. The van der Waals surface area contributed by atoms with E-state index in [0.717, 1.165) is 5.92 Å². The van der Waals surface area contributed by atoms with Gasteiger partial charge in [0.25, 0.3) is 0 Å². The van der Waals surface area contributed by atoms with Crippen LogP contribution in [0, 0.1) is 5.92 Å². The molecule has 0 amide bonds. The molecule has 1 aromatic heterocycles. The Labute approximate surface area is 113 Å². The van der Waals surface area contributed by atoms with Crippen molar-refractivity contribution in [2.24, 2.45) is 5.92 Å². The molecule has 3 unspecified atom stereocenters. The lowest BCUT2D eigenvalue weighted by atomic mass is 10.1. The number of benzene rings is 1. The van der Waals surface area contributed by atoms with Gasteiger partial charge in [-0.3, -0.25) is 0 Å². The first kappa shape index (κ1) is 12.2. The average molecular weight is 259 g/mol. The van der Waals surface area contributed by atoms with Crippen molar-refractivity contribution in [1.29, 1.82) is 0 Å². The van der Waals surface area contributed by atoms with Gasteiger partial charge in [-0.25, -0.2) is 0 Å². The summed E-state index contributed by atoms with van der Waals surface area (Å²) in [4.78, 5) is 1.47. The van der Waals surface area contributed by atoms with Gasteiger partial charge < -0.3 is 5.32 Å². The fraction of sp³-hybridized carbons (Fsp3) is 0.500. The van der Waals surface area contributed by atoms with Crippen molar-refractivity contribution in [2.75, 3.05) is 0 Å². The van der Waals surface area contributed by atoms with E-state index in [1.807, 2.05) is 11.3 Å². The summed E-state index contributed by atoms with van der Waals surface area (Å²) >= 11 is 1.93. The van der Waals surface area contributed by atoms with Gasteiger partial charge in [-0.1, -0.05) is 31.5 Å². The van der Waals surface area contributed by atoms with E-state index in [2.05, 4.69) is 49.5 Å². The summed E-state index contributed by atoms with van der Waals surface area (Å²) in [7, 11) is 0. The van der Waals surface area contributed by atoms with Crippen molar-refractivity contribution in [1.82, 2.24) is 5.32 Å². The predicted molar refractivity (Wildman–Crippen MR) is 80.2 cm³/mol. The van der Waals surface area contributed by atoms with Gasteiger partial charge >= 0.3 is 0 Å². The Kier molecular flexibility index (Phi) is 3.40. The minimum atomic E-state index is 0.480. The molecule has 0 aliphatic heterocycles. The Hall–Kier alpha value is -0.860. The van der Waals surface area contributed by atoms with Crippen LogP contribution in [-0.2, 0) is 0 Å². The maximum Gasteiger partial charge on any atom is 0.0388 e. The molecule has 1 aromatic carbocycles. The quantitative estimate of drug-likeness (QED) is 0.839. The fourth-order valence-electron chi connectivity index (χ4n) is 3.01. The molecule has 3 rings (SSSR count). The zero-order valence-electron chi connectivity index (χ0n) is 11.1. The maximum absolute atomic E-state index is 3.82. The van der Waals surface area contributed by atoms with Gasteiger partial charge in [-0.2, -0.15) is 0 Å². The van der Waals surface area contributed by atoms with Crippen LogP contribution in [0.3, 0.4) is 0 Å². The van der Waals surface area contributed by atoms with E-state index in [4.69, 9.17) is 0 Å². The van der Waals surface area contributed by atoms with Crippen LogP contribution in [0.15, 0.2) is 30.3 Å². The first-order chi connectivity index (χ1) is 8.74. The van der Waals surface area contributed by atoms with Crippen LogP contribution in [-0.4, -0.2) is 6.04 Å². The van der Waals surface area contributed by atoms with E-state index in [-0.39, 0.29) is 0 Å². The third-order valence-electron chi connectivity index (χ3n) is 4.20. The van der Waals surface area contributed by atoms with Crippen LogP contribution in [0.1, 0.15) is 44.0 Å². The summed E-state index contributed by atoms with van der Waals surface area (Å²) in [6.45, 7) is 4.68. The van der Waals surface area contributed by atoms with E-state index in [1.165, 1.54) is 34.2 Å². The number of nitrogens with one attached hydrogen (secondary N) is 1. The molecule has 0 radical (unpaired) electrons. The Morgan fingerprint density at radius 2 is 2.11 bits per heavy atom. The second-order valence-corrected chi connectivity index (χ2v) is 6.70. The van der Waals surface area contributed by atoms with Crippen LogP contribution >= 0.6 is 11.3 Å². The minimum absolute atomic E-state index is 0.480. The van der Waals surface area contributed by atoms with E-state index < -0.39 is 0 Å². The fourth-order valence-corrected chi connectivity index (χ4v) is 4.09. The van der Waals surface area contributed by atoms with E-state index in [9.17, 15) is 0 Å². The molecule has 1 heterocycles. The van der Waals surface area contributed by atoms with Gasteiger partial charge in [-0.05, 0) is 43.2 Å². The van der Waals surface area contributed by atoms with Gasteiger partial charge in [0.15, 0.2) is 0 Å². The van der Waals surface area contributed by atoms with Gasteiger partial charge in [0.1, 0.15) is 0 Å². The standard InChI is InChI=1S/C16H21NS/c1-11-6-5-8-14(11)17-12(2)16-10-13-7-3-4-9-15(13)18-16/h3-4,7,9-12,14,17H,5-6,8H2,1-2H3. The van der Waals surface area contributed by atoms with Crippen molar-refractivity contribution in [3.63, 3.8) is 0 Å². The summed E-state index contributed by atoms with van der Waals surface area (Å²) in [6, 6.07) is 12.2. The zero-order chi connectivity index (χ0) is 12.5. The highest BCUT2D eigenvalue weighted by atomic mass is 32.1. The molecule has 3 atom stereocenters. The number of fused-ring (bicyclic) bond motifs is 1. The molecule has 1 aliphatic carbocycles. The topological polar surface area (TPSA) is 12.0 Å². The largest absolute Gasteiger partial charge is 0.306 e. The molecule has 0 bridgehead atoms. The SMILES string of the molecule is CC(NC1CCCC1C)c1cc2ccccc2s1. The molecule has 18 heavy (non-hydrogen) atoms.